The van der Waals surface area contributed by atoms with E-state index in [1.54, 1.807) is 0 Å². The van der Waals surface area contributed by atoms with E-state index in [1.165, 1.54) is 28.2 Å². The number of nitrogens with two attached hydrogens (primary N) is 1. The number of benzene rings is 1. The van der Waals surface area contributed by atoms with Crippen LogP contribution in [-0.4, -0.2) is 15.0 Å². The Kier molecular flexibility index (Phi) is 5.24. The first kappa shape index (κ1) is 11.8. The predicted molar refractivity (Wildman–Crippen MR) is 64.1 cm³/mol. The predicted octanol–water partition coefficient (Wildman–Crippen LogP) is 2.25. The molecule has 2 heteroatoms. The second kappa shape index (κ2) is 6.23. The molecule has 0 radical (unpaired) electrons. The van der Waals surface area contributed by atoms with E-state index in [0.717, 1.165) is 0 Å². The Morgan fingerprint density at radius 2 is 1.93 bits per heavy atom. The zero-order chi connectivity index (χ0) is 10.4. The molecule has 1 aromatic rings. The zero-order valence-electron chi connectivity index (χ0n) is 8.99. The summed E-state index contributed by atoms with van der Waals surface area (Å²) in [6.45, 7) is 4.27. The first-order chi connectivity index (χ1) is 6.74. The van der Waals surface area contributed by atoms with Crippen LogP contribution < -0.4 is 10.2 Å². The molecule has 78 valence electrons. The molecule has 1 rings (SSSR count). The third kappa shape index (κ3) is 3.83. The van der Waals surface area contributed by atoms with E-state index < -0.39 is 0 Å². The van der Waals surface area contributed by atoms with Crippen molar-refractivity contribution >= 4 is 19.4 Å². The fraction of sp³-hybridized carbons (Fsp3) is 0.500. The summed E-state index contributed by atoms with van der Waals surface area (Å²) in [4.78, 5) is 0. The molecule has 0 aliphatic rings. The van der Waals surface area contributed by atoms with Gasteiger partial charge in [0, 0.05) is 0 Å². The molecule has 0 saturated carbocycles. The van der Waals surface area contributed by atoms with E-state index >= 15 is 0 Å². The Hall–Kier alpha value is -0.301. The van der Waals surface area contributed by atoms with Crippen molar-refractivity contribution in [3.63, 3.8) is 0 Å². The van der Waals surface area contributed by atoms with Gasteiger partial charge in [-0.05, 0) is 0 Å². The average Bonchev–Trinajstić information content (AvgIpc) is 2.19. The fourth-order valence-electron chi connectivity index (χ4n) is 1.20. The molecule has 0 bridgehead atoms. The van der Waals surface area contributed by atoms with Gasteiger partial charge in [0.25, 0.3) is 0 Å². The fourth-order valence-corrected chi connectivity index (χ4v) is 3.29. The molecule has 1 aromatic carbocycles. The van der Waals surface area contributed by atoms with E-state index in [2.05, 4.69) is 31.2 Å². The summed E-state index contributed by atoms with van der Waals surface area (Å²) in [5.41, 5.74) is 7.03. The van der Waals surface area contributed by atoms with Gasteiger partial charge < -0.3 is 0 Å². The van der Waals surface area contributed by atoms with Crippen LogP contribution in [0.1, 0.15) is 38.3 Å². The minimum atomic E-state index is 0.159. The molecule has 0 saturated heterocycles. The Morgan fingerprint density at radius 3 is 2.43 bits per heavy atom. The van der Waals surface area contributed by atoms with Gasteiger partial charge in [0.2, 0.25) is 0 Å². The van der Waals surface area contributed by atoms with E-state index in [1.807, 2.05) is 6.92 Å². The van der Waals surface area contributed by atoms with Gasteiger partial charge in [-0.3, -0.25) is 0 Å². The van der Waals surface area contributed by atoms with Crippen LogP contribution in [0, 0.1) is 0 Å². The van der Waals surface area contributed by atoms with Crippen LogP contribution in [-0.2, 0) is 0 Å². The van der Waals surface area contributed by atoms with Crippen LogP contribution in [0.15, 0.2) is 24.3 Å². The van der Waals surface area contributed by atoms with Gasteiger partial charge in [-0.15, -0.1) is 0 Å². The topological polar surface area (TPSA) is 26.0 Å². The van der Waals surface area contributed by atoms with Crippen molar-refractivity contribution < 1.29 is 0 Å². The monoisotopic (exact) mass is 257 g/mol. The standard InChI is InChI=1S/C12H19NSe/c1-3-4-9-14-12-7-5-11(6-8-12)10(2)13/h5-8,10H,3-4,9,13H2,1-2H3. The summed E-state index contributed by atoms with van der Waals surface area (Å²) < 4.78 is 1.50. The van der Waals surface area contributed by atoms with Crippen LogP contribution in [0.5, 0.6) is 0 Å². The Balaban J connectivity index is 2.47. The molecule has 0 fully saturated rings. The van der Waals surface area contributed by atoms with Crippen molar-refractivity contribution in [2.45, 2.75) is 38.1 Å². The summed E-state index contributed by atoms with van der Waals surface area (Å²) in [6.07, 6.45) is 2.66. The van der Waals surface area contributed by atoms with Crippen molar-refractivity contribution in [2.24, 2.45) is 5.73 Å². The molecule has 0 aromatic heterocycles. The van der Waals surface area contributed by atoms with Gasteiger partial charge in [-0.2, -0.15) is 0 Å². The van der Waals surface area contributed by atoms with Crippen LogP contribution in [0.2, 0.25) is 5.32 Å². The molecule has 1 unspecified atom stereocenters. The quantitative estimate of drug-likeness (QED) is 0.634. The minimum absolute atomic E-state index is 0.159. The molecule has 0 spiro atoms. The summed E-state index contributed by atoms with van der Waals surface area (Å²) in [6, 6.07) is 8.94. The van der Waals surface area contributed by atoms with Gasteiger partial charge in [0.05, 0.1) is 0 Å². The Bertz CT molecular complexity index is 254. The Morgan fingerprint density at radius 1 is 1.29 bits per heavy atom. The maximum atomic E-state index is 5.79. The van der Waals surface area contributed by atoms with Crippen LogP contribution in [0.4, 0.5) is 0 Å². The first-order valence-electron chi connectivity index (χ1n) is 5.22. The van der Waals surface area contributed by atoms with Gasteiger partial charge >= 0.3 is 93.0 Å². The van der Waals surface area contributed by atoms with Crippen molar-refractivity contribution in [1.82, 2.24) is 0 Å². The summed E-state index contributed by atoms with van der Waals surface area (Å²) in [7, 11) is 0. The van der Waals surface area contributed by atoms with E-state index in [-0.39, 0.29) is 6.04 Å². The Labute approximate surface area is 93.2 Å². The van der Waals surface area contributed by atoms with Gasteiger partial charge in [0.1, 0.15) is 0 Å². The maximum absolute atomic E-state index is 5.79. The van der Waals surface area contributed by atoms with E-state index in [0.29, 0.717) is 15.0 Å². The summed E-state index contributed by atoms with van der Waals surface area (Å²) in [5.74, 6) is 0. The number of rotatable bonds is 5. The van der Waals surface area contributed by atoms with Gasteiger partial charge in [-0.25, -0.2) is 0 Å². The number of unbranched alkanes of at least 4 members (excludes halogenated alkanes) is 1. The van der Waals surface area contributed by atoms with Crippen molar-refractivity contribution in [1.29, 1.82) is 0 Å². The van der Waals surface area contributed by atoms with Gasteiger partial charge in [-0.1, -0.05) is 0 Å². The molecular weight excluding hydrogens is 237 g/mol. The number of hydrogen-bond donors (Lipinski definition) is 1. The molecule has 2 N–H and O–H groups in total. The molecule has 0 amide bonds. The van der Waals surface area contributed by atoms with E-state index in [9.17, 15) is 0 Å². The average molecular weight is 256 g/mol. The normalized spacial score (nSPS) is 12.8. The molecular formula is C12H19NSe. The van der Waals surface area contributed by atoms with E-state index in [4.69, 9.17) is 5.73 Å². The molecule has 0 aliphatic heterocycles. The first-order valence-corrected chi connectivity index (χ1v) is 7.29. The van der Waals surface area contributed by atoms with Crippen LogP contribution in [0.3, 0.4) is 0 Å². The third-order valence-electron chi connectivity index (χ3n) is 2.17. The molecule has 1 atom stereocenters. The third-order valence-corrected chi connectivity index (χ3v) is 4.48. The molecule has 1 nitrogen and oxygen atoms in total. The zero-order valence-corrected chi connectivity index (χ0v) is 10.7. The number of hydrogen-bond acceptors (Lipinski definition) is 1. The van der Waals surface area contributed by atoms with Crippen molar-refractivity contribution in [3.05, 3.63) is 29.8 Å². The molecule has 0 aliphatic carbocycles. The molecule has 14 heavy (non-hydrogen) atoms. The van der Waals surface area contributed by atoms with Crippen LogP contribution >= 0.6 is 0 Å². The second-order valence-electron chi connectivity index (χ2n) is 3.56. The van der Waals surface area contributed by atoms with Gasteiger partial charge in [0.15, 0.2) is 0 Å². The molecule has 0 heterocycles. The van der Waals surface area contributed by atoms with Crippen LogP contribution in [0.25, 0.3) is 0 Å². The summed E-state index contributed by atoms with van der Waals surface area (Å²) >= 11 is 0.659. The summed E-state index contributed by atoms with van der Waals surface area (Å²) in [5, 5.41) is 1.36. The van der Waals surface area contributed by atoms with Crippen molar-refractivity contribution in [3.8, 4) is 0 Å². The SMILES string of the molecule is CCCC[Se]c1ccc(C(C)N)cc1. The second-order valence-corrected chi connectivity index (χ2v) is 6.01. The van der Waals surface area contributed by atoms with Crippen molar-refractivity contribution in [2.75, 3.05) is 0 Å².